The van der Waals surface area contributed by atoms with E-state index in [-0.39, 0.29) is 11.9 Å². The Morgan fingerprint density at radius 3 is 1.50 bits per heavy atom. The summed E-state index contributed by atoms with van der Waals surface area (Å²) < 4.78 is 9.55. The zero-order valence-corrected chi connectivity index (χ0v) is 15.6. The number of hydrogen-bond donors (Lipinski definition) is 0. The second-order valence-electron chi connectivity index (χ2n) is 6.75. The number of nitrogens with zero attached hydrogens (tertiary/aromatic N) is 1. The van der Waals surface area contributed by atoms with Crippen molar-refractivity contribution in [3.63, 3.8) is 0 Å². The van der Waals surface area contributed by atoms with Gasteiger partial charge in [-0.15, -0.1) is 0 Å². The minimum atomic E-state index is -0.185. The van der Waals surface area contributed by atoms with Crippen LogP contribution < -0.4 is 0 Å². The van der Waals surface area contributed by atoms with E-state index in [1.165, 1.54) is 65.6 Å². The Balaban J connectivity index is 2.62. The fraction of sp³-hybridized carbons (Fsp3) is 0.895. The van der Waals surface area contributed by atoms with Gasteiger partial charge in [0.25, 0.3) is 0 Å². The van der Waals surface area contributed by atoms with Gasteiger partial charge in [0.15, 0.2) is 0 Å². The third kappa shape index (κ3) is 9.26. The maximum Gasteiger partial charge on any atom is 0.306 e. The van der Waals surface area contributed by atoms with E-state index in [0.29, 0.717) is 32.0 Å². The van der Waals surface area contributed by atoms with Crippen molar-refractivity contribution < 1.29 is 19.1 Å². The number of rotatable bonds is 7. The SMILES string of the molecule is COC(=O)CCN(CCC(=O)OC)C1CCCCCCCCCC1. The summed E-state index contributed by atoms with van der Waals surface area (Å²) in [6.45, 7) is 1.32. The number of hydrogen-bond acceptors (Lipinski definition) is 5. The molecule has 0 saturated heterocycles. The molecule has 24 heavy (non-hydrogen) atoms. The Morgan fingerprint density at radius 1 is 0.750 bits per heavy atom. The highest BCUT2D eigenvalue weighted by Gasteiger charge is 2.20. The molecule has 0 unspecified atom stereocenters. The van der Waals surface area contributed by atoms with E-state index in [1.807, 2.05) is 0 Å². The number of carbonyl (C=O) groups is 2. The van der Waals surface area contributed by atoms with Gasteiger partial charge in [0.05, 0.1) is 27.1 Å². The lowest BCUT2D eigenvalue weighted by atomic mass is 10.0. The highest BCUT2D eigenvalue weighted by molar-refractivity contribution is 5.70. The lowest BCUT2D eigenvalue weighted by molar-refractivity contribution is -0.141. The molecule has 0 N–H and O–H groups in total. The monoisotopic (exact) mass is 341 g/mol. The molecule has 0 radical (unpaired) electrons. The minimum absolute atomic E-state index is 0.185. The Bertz CT molecular complexity index is 327. The van der Waals surface area contributed by atoms with Gasteiger partial charge >= 0.3 is 11.9 Å². The van der Waals surface area contributed by atoms with Gasteiger partial charge in [-0.25, -0.2) is 0 Å². The van der Waals surface area contributed by atoms with E-state index in [1.54, 1.807) is 0 Å². The molecule has 0 heterocycles. The van der Waals surface area contributed by atoms with Crippen molar-refractivity contribution in [1.29, 1.82) is 0 Å². The fourth-order valence-corrected chi connectivity index (χ4v) is 3.48. The van der Waals surface area contributed by atoms with E-state index >= 15 is 0 Å². The van der Waals surface area contributed by atoms with Crippen LogP contribution in [0.25, 0.3) is 0 Å². The van der Waals surface area contributed by atoms with Gasteiger partial charge in [-0.05, 0) is 12.8 Å². The second-order valence-corrected chi connectivity index (χ2v) is 6.75. The van der Waals surface area contributed by atoms with Crippen molar-refractivity contribution >= 4 is 11.9 Å². The molecule has 1 aliphatic rings. The predicted octanol–water partition coefficient (Wildman–Crippen LogP) is 3.70. The van der Waals surface area contributed by atoms with Crippen molar-refractivity contribution in [2.45, 2.75) is 83.1 Å². The molecule has 0 spiro atoms. The van der Waals surface area contributed by atoms with Gasteiger partial charge < -0.3 is 9.47 Å². The van der Waals surface area contributed by atoms with Crippen LogP contribution in [-0.4, -0.2) is 50.2 Å². The van der Waals surface area contributed by atoms with Crippen molar-refractivity contribution in [2.24, 2.45) is 0 Å². The maximum atomic E-state index is 11.5. The Labute approximate surface area is 147 Å². The Kier molecular flexibility index (Phi) is 11.5. The van der Waals surface area contributed by atoms with Gasteiger partial charge in [-0.2, -0.15) is 0 Å². The average Bonchev–Trinajstić information content (AvgIpc) is 2.66. The molecule has 1 rings (SSSR count). The topological polar surface area (TPSA) is 55.8 Å². The van der Waals surface area contributed by atoms with Crippen LogP contribution in [0.1, 0.15) is 77.0 Å². The van der Waals surface area contributed by atoms with Gasteiger partial charge in [0.2, 0.25) is 0 Å². The van der Waals surface area contributed by atoms with Crippen LogP contribution in [0.2, 0.25) is 0 Å². The molecule has 1 fully saturated rings. The third-order valence-corrected chi connectivity index (χ3v) is 5.00. The van der Waals surface area contributed by atoms with Crippen LogP contribution in [0.4, 0.5) is 0 Å². The molecule has 1 aliphatic carbocycles. The van der Waals surface area contributed by atoms with Crippen LogP contribution >= 0.6 is 0 Å². The van der Waals surface area contributed by atoms with Crippen LogP contribution in [-0.2, 0) is 19.1 Å². The molecule has 5 heteroatoms. The Hall–Kier alpha value is -1.10. The first-order chi connectivity index (χ1) is 11.7. The summed E-state index contributed by atoms with van der Waals surface area (Å²) in [5, 5.41) is 0. The van der Waals surface area contributed by atoms with E-state index in [4.69, 9.17) is 9.47 Å². The van der Waals surface area contributed by atoms with Crippen molar-refractivity contribution in [1.82, 2.24) is 4.90 Å². The number of methoxy groups -OCH3 is 2. The van der Waals surface area contributed by atoms with Crippen LogP contribution in [0.15, 0.2) is 0 Å². The smallest absolute Gasteiger partial charge is 0.306 e. The van der Waals surface area contributed by atoms with Crippen molar-refractivity contribution in [3.8, 4) is 0 Å². The molecule has 0 aromatic carbocycles. The molecule has 0 aliphatic heterocycles. The molecule has 0 bridgehead atoms. The summed E-state index contributed by atoms with van der Waals surface area (Å²) in [5.74, 6) is -0.371. The van der Waals surface area contributed by atoms with Crippen molar-refractivity contribution in [2.75, 3.05) is 27.3 Å². The first-order valence-corrected chi connectivity index (χ1v) is 9.55. The molecule has 0 amide bonds. The van der Waals surface area contributed by atoms with E-state index < -0.39 is 0 Å². The third-order valence-electron chi connectivity index (χ3n) is 5.00. The van der Waals surface area contributed by atoms with Crippen LogP contribution in [0, 0.1) is 0 Å². The molecule has 140 valence electrons. The molecule has 0 aromatic rings. The van der Waals surface area contributed by atoms with Crippen LogP contribution in [0.3, 0.4) is 0 Å². The summed E-state index contributed by atoms with van der Waals surface area (Å²) in [5.41, 5.74) is 0. The van der Waals surface area contributed by atoms with E-state index in [2.05, 4.69) is 4.90 Å². The number of carbonyl (C=O) groups excluding carboxylic acids is 2. The molecular weight excluding hydrogens is 306 g/mol. The fourth-order valence-electron chi connectivity index (χ4n) is 3.48. The zero-order chi connectivity index (χ0) is 17.6. The molecule has 5 nitrogen and oxygen atoms in total. The van der Waals surface area contributed by atoms with E-state index in [0.717, 1.165) is 12.8 Å². The summed E-state index contributed by atoms with van der Waals surface area (Å²) in [6.07, 6.45) is 13.5. The van der Waals surface area contributed by atoms with Gasteiger partial charge in [-0.1, -0.05) is 51.4 Å². The Morgan fingerprint density at radius 2 is 1.12 bits per heavy atom. The first-order valence-electron chi connectivity index (χ1n) is 9.55. The largest absolute Gasteiger partial charge is 0.469 e. The lowest BCUT2D eigenvalue weighted by Gasteiger charge is -2.31. The molecule has 0 atom stereocenters. The maximum absolute atomic E-state index is 11.5. The summed E-state index contributed by atoms with van der Waals surface area (Å²) in [7, 11) is 2.85. The standard InChI is InChI=1S/C19H35NO4/c1-23-18(21)13-15-20(16-14-19(22)24-2)17-11-9-7-5-3-4-6-8-10-12-17/h17H,3-16H2,1-2H3. The first kappa shape index (κ1) is 20.9. The number of esters is 2. The van der Waals surface area contributed by atoms with Crippen molar-refractivity contribution in [3.05, 3.63) is 0 Å². The minimum Gasteiger partial charge on any atom is -0.469 e. The molecule has 1 saturated carbocycles. The normalized spacial score (nSPS) is 18.0. The van der Waals surface area contributed by atoms with Crippen LogP contribution in [0.5, 0.6) is 0 Å². The summed E-state index contributed by atoms with van der Waals surface area (Å²) in [4.78, 5) is 25.4. The van der Waals surface area contributed by atoms with Gasteiger partial charge in [0.1, 0.15) is 0 Å². The summed E-state index contributed by atoms with van der Waals surface area (Å²) >= 11 is 0. The predicted molar refractivity (Wildman–Crippen MR) is 94.8 cm³/mol. The molecule has 0 aromatic heterocycles. The second kappa shape index (κ2) is 13.2. The zero-order valence-electron chi connectivity index (χ0n) is 15.6. The highest BCUT2D eigenvalue weighted by atomic mass is 16.5. The molecular formula is C19H35NO4. The lowest BCUT2D eigenvalue weighted by Crippen LogP contribution is -2.38. The quantitative estimate of drug-likeness (QED) is 0.661. The van der Waals surface area contributed by atoms with E-state index in [9.17, 15) is 9.59 Å². The highest BCUT2D eigenvalue weighted by Crippen LogP contribution is 2.21. The summed E-state index contributed by atoms with van der Waals surface area (Å²) in [6, 6.07) is 0.456. The number of ether oxygens (including phenoxy) is 2. The van der Waals surface area contributed by atoms with Gasteiger partial charge in [0, 0.05) is 19.1 Å². The average molecular weight is 341 g/mol. The van der Waals surface area contributed by atoms with Gasteiger partial charge in [-0.3, -0.25) is 14.5 Å².